The smallest absolute Gasteiger partial charge is 0.270 e. The van der Waals surface area contributed by atoms with Gasteiger partial charge in [0.15, 0.2) is 0 Å². The van der Waals surface area contributed by atoms with Crippen LogP contribution in [0.2, 0.25) is 0 Å². The number of rotatable bonds is 6. The van der Waals surface area contributed by atoms with Crippen molar-refractivity contribution in [2.45, 2.75) is 11.8 Å². The molecule has 0 radical (unpaired) electrons. The van der Waals surface area contributed by atoms with Gasteiger partial charge in [-0.1, -0.05) is 12.1 Å². The molecule has 9 nitrogen and oxygen atoms in total. The lowest BCUT2D eigenvalue weighted by Gasteiger charge is -2.09. The van der Waals surface area contributed by atoms with E-state index in [0.29, 0.717) is 11.4 Å². The quantitative estimate of drug-likeness (QED) is 0.471. The van der Waals surface area contributed by atoms with Gasteiger partial charge < -0.3 is 5.32 Å². The number of pyridine rings is 1. The highest BCUT2D eigenvalue weighted by Gasteiger charge is 2.18. The van der Waals surface area contributed by atoms with Gasteiger partial charge in [0.1, 0.15) is 5.82 Å². The minimum absolute atomic E-state index is 0.210. The van der Waals surface area contributed by atoms with Crippen molar-refractivity contribution in [2.24, 2.45) is 0 Å². The molecule has 1 amide bonds. The van der Waals surface area contributed by atoms with E-state index in [1.807, 2.05) is 13.0 Å². The van der Waals surface area contributed by atoms with Gasteiger partial charge in [-0.3, -0.25) is 19.6 Å². The first-order chi connectivity index (χ1) is 13.7. The summed E-state index contributed by atoms with van der Waals surface area (Å²) in [5.74, 6) is 0.00509. The number of amides is 1. The van der Waals surface area contributed by atoms with Crippen LogP contribution in [0.3, 0.4) is 0 Å². The van der Waals surface area contributed by atoms with Crippen LogP contribution in [-0.2, 0) is 10.0 Å². The molecule has 0 bridgehead atoms. The van der Waals surface area contributed by atoms with Crippen LogP contribution in [-0.4, -0.2) is 24.2 Å². The van der Waals surface area contributed by atoms with Crippen LogP contribution in [0.25, 0.3) is 0 Å². The zero-order chi connectivity index (χ0) is 21.0. The summed E-state index contributed by atoms with van der Waals surface area (Å²) in [6, 6.07) is 14.0. The van der Waals surface area contributed by atoms with Gasteiger partial charge in [0.2, 0.25) is 0 Å². The van der Waals surface area contributed by atoms with E-state index in [2.05, 4.69) is 15.0 Å². The Labute approximate surface area is 166 Å². The van der Waals surface area contributed by atoms with Gasteiger partial charge in [0.25, 0.3) is 21.6 Å². The van der Waals surface area contributed by atoms with E-state index < -0.39 is 20.9 Å². The van der Waals surface area contributed by atoms with Gasteiger partial charge in [-0.2, -0.15) is 0 Å². The van der Waals surface area contributed by atoms with E-state index in [-0.39, 0.29) is 16.3 Å². The highest BCUT2D eigenvalue weighted by molar-refractivity contribution is 7.92. The number of carbonyl (C=O) groups excluding carboxylic acids is 1. The van der Waals surface area contributed by atoms with Gasteiger partial charge in [0.05, 0.1) is 9.82 Å². The molecule has 0 unspecified atom stereocenters. The maximum absolute atomic E-state index is 12.4. The normalized spacial score (nSPS) is 10.9. The van der Waals surface area contributed by atoms with E-state index in [1.165, 1.54) is 42.5 Å². The predicted octanol–water partition coefficient (Wildman–Crippen LogP) is 3.35. The molecule has 2 N–H and O–H groups in total. The van der Waals surface area contributed by atoms with Crippen molar-refractivity contribution in [3.63, 3.8) is 0 Å². The molecule has 10 heteroatoms. The summed E-state index contributed by atoms with van der Waals surface area (Å²) < 4.78 is 27.2. The number of nitrogens with zero attached hydrogens (tertiary/aromatic N) is 2. The number of nitro benzene ring substituents is 1. The van der Waals surface area contributed by atoms with Crippen molar-refractivity contribution in [3.8, 4) is 0 Å². The lowest BCUT2D eigenvalue weighted by atomic mass is 10.2. The van der Waals surface area contributed by atoms with Crippen LogP contribution in [0.5, 0.6) is 0 Å². The second kappa shape index (κ2) is 8.07. The molecule has 3 aromatic rings. The zero-order valence-corrected chi connectivity index (χ0v) is 16.0. The van der Waals surface area contributed by atoms with Gasteiger partial charge in [-0.05, 0) is 48.9 Å². The van der Waals surface area contributed by atoms with Gasteiger partial charge in [-0.25, -0.2) is 13.4 Å². The minimum Gasteiger partial charge on any atom is -0.307 e. The Kier molecular flexibility index (Phi) is 5.55. The number of aromatic nitrogens is 1. The molecular weight excluding hydrogens is 396 g/mol. The maximum atomic E-state index is 12.4. The number of benzene rings is 2. The number of hydrogen-bond donors (Lipinski definition) is 2. The van der Waals surface area contributed by atoms with Crippen LogP contribution < -0.4 is 10.0 Å². The molecule has 0 saturated heterocycles. The van der Waals surface area contributed by atoms with Crippen molar-refractivity contribution in [2.75, 3.05) is 10.0 Å². The fraction of sp³-hybridized carbons (Fsp3) is 0.0526. The van der Waals surface area contributed by atoms with Crippen molar-refractivity contribution < 1.29 is 18.1 Å². The van der Waals surface area contributed by atoms with Crippen LogP contribution in [0.15, 0.2) is 71.8 Å². The Balaban J connectivity index is 1.72. The third-order valence-corrected chi connectivity index (χ3v) is 5.27. The second-order valence-corrected chi connectivity index (χ2v) is 7.79. The SMILES string of the molecule is Cc1ccc(NC(=O)c2ccc(NS(=O)(=O)c3cccc([N+](=O)[O-])c3)cc2)nc1. The summed E-state index contributed by atoms with van der Waals surface area (Å²) in [5, 5.41) is 13.5. The summed E-state index contributed by atoms with van der Waals surface area (Å²) in [5.41, 5.74) is 1.15. The number of anilines is 2. The van der Waals surface area contributed by atoms with Crippen LogP contribution in [0.4, 0.5) is 17.2 Å². The average molecular weight is 412 g/mol. The molecule has 1 heterocycles. The number of aryl methyl sites for hydroxylation is 1. The number of carbonyl (C=O) groups is 1. The molecule has 148 valence electrons. The Bertz CT molecular complexity index is 1160. The fourth-order valence-electron chi connectivity index (χ4n) is 2.40. The Morgan fingerprint density at radius 3 is 2.41 bits per heavy atom. The number of non-ortho nitro benzene ring substituents is 1. The summed E-state index contributed by atoms with van der Waals surface area (Å²) >= 11 is 0. The van der Waals surface area contributed by atoms with Gasteiger partial charge >= 0.3 is 0 Å². The van der Waals surface area contributed by atoms with E-state index in [9.17, 15) is 23.3 Å². The molecule has 0 aliphatic carbocycles. The molecule has 0 aliphatic rings. The van der Waals surface area contributed by atoms with Gasteiger partial charge in [-0.15, -0.1) is 0 Å². The van der Waals surface area contributed by atoms with Crippen molar-refractivity contribution in [1.82, 2.24) is 4.98 Å². The molecular formula is C19H16N4O5S. The second-order valence-electron chi connectivity index (χ2n) is 6.11. The average Bonchev–Trinajstić information content (AvgIpc) is 2.70. The molecule has 0 spiro atoms. The molecule has 1 aromatic heterocycles. The molecule has 2 aromatic carbocycles. The zero-order valence-electron chi connectivity index (χ0n) is 15.2. The molecule has 0 aliphatic heterocycles. The lowest BCUT2D eigenvalue weighted by molar-refractivity contribution is -0.385. The Morgan fingerprint density at radius 1 is 1.07 bits per heavy atom. The van der Waals surface area contributed by atoms with E-state index in [0.717, 1.165) is 11.6 Å². The van der Waals surface area contributed by atoms with Gasteiger partial charge in [0, 0.05) is 29.6 Å². The Hall–Kier alpha value is -3.79. The third-order valence-electron chi connectivity index (χ3n) is 3.89. The fourth-order valence-corrected chi connectivity index (χ4v) is 3.50. The first kappa shape index (κ1) is 20.0. The highest BCUT2D eigenvalue weighted by Crippen LogP contribution is 2.21. The number of nitrogens with one attached hydrogen (secondary N) is 2. The topological polar surface area (TPSA) is 131 Å². The largest absolute Gasteiger partial charge is 0.307 e. The van der Waals surface area contributed by atoms with E-state index in [1.54, 1.807) is 12.3 Å². The first-order valence-electron chi connectivity index (χ1n) is 8.36. The number of nitro groups is 1. The summed E-state index contributed by atoms with van der Waals surface area (Å²) in [6.45, 7) is 1.88. The summed E-state index contributed by atoms with van der Waals surface area (Å²) in [6.07, 6.45) is 1.63. The summed E-state index contributed by atoms with van der Waals surface area (Å²) in [7, 11) is -4.02. The minimum atomic E-state index is -4.02. The van der Waals surface area contributed by atoms with E-state index in [4.69, 9.17) is 0 Å². The highest BCUT2D eigenvalue weighted by atomic mass is 32.2. The summed E-state index contributed by atoms with van der Waals surface area (Å²) in [4.78, 5) is 26.3. The van der Waals surface area contributed by atoms with Crippen LogP contribution in [0.1, 0.15) is 15.9 Å². The molecule has 0 fully saturated rings. The molecule has 0 atom stereocenters. The first-order valence-corrected chi connectivity index (χ1v) is 9.84. The van der Waals surface area contributed by atoms with Crippen molar-refractivity contribution in [3.05, 3.63) is 88.1 Å². The Morgan fingerprint density at radius 2 is 1.79 bits per heavy atom. The maximum Gasteiger partial charge on any atom is 0.270 e. The van der Waals surface area contributed by atoms with Crippen LogP contribution in [0, 0.1) is 17.0 Å². The van der Waals surface area contributed by atoms with Crippen molar-refractivity contribution >= 4 is 33.1 Å². The predicted molar refractivity (Wildman–Crippen MR) is 107 cm³/mol. The van der Waals surface area contributed by atoms with Crippen molar-refractivity contribution in [1.29, 1.82) is 0 Å². The third kappa shape index (κ3) is 4.93. The number of sulfonamides is 1. The van der Waals surface area contributed by atoms with Crippen LogP contribution >= 0.6 is 0 Å². The number of hydrogen-bond acceptors (Lipinski definition) is 6. The standard InChI is InChI=1S/C19H16N4O5S/c1-13-5-10-18(20-12-13)21-19(24)14-6-8-15(9-7-14)22-29(27,28)17-4-2-3-16(11-17)23(25)26/h2-12,22H,1H3,(H,20,21,24). The molecule has 0 saturated carbocycles. The lowest BCUT2D eigenvalue weighted by Crippen LogP contribution is -2.14. The monoisotopic (exact) mass is 412 g/mol. The molecule has 29 heavy (non-hydrogen) atoms. The van der Waals surface area contributed by atoms with E-state index >= 15 is 0 Å². The molecule has 3 rings (SSSR count).